The van der Waals surface area contributed by atoms with Crippen LogP contribution in [0.1, 0.15) is 70.5 Å². The van der Waals surface area contributed by atoms with Crippen molar-refractivity contribution in [2.45, 2.75) is 60.2 Å². The average Bonchev–Trinajstić information content (AvgIpc) is 2.80. The maximum atomic E-state index is 14.0. The number of nitrogens with zero attached hydrogens (tertiary/aromatic N) is 2. The summed E-state index contributed by atoms with van der Waals surface area (Å²) in [5.41, 5.74) is 4.32. The molecule has 0 spiro atoms. The summed E-state index contributed by atoms with van der Waals surface area (Å²) < 4.78 is 20.1. The summed E-state index contributed by atoms with van der Waals surface area (Å²) in [5, 5.41) is 3.33. The summed E-state index contributed by atoms with van der Waals surface area (Å²) in [7, 11) is 0.805. The van der Waals surface area contributed by atoms with Gasteiger partial charge in [0.1, 0.15) is 5.75 Å². The number of halogens is 1. The fourth-order valence-corrected chi connectivity index (χ4v) is 3.02. The molecule has 1 heterocycles. The molecule has 0 aliphatic rings. The van der Waals surface area contributed by atoms with Gasteiger partial charge in [0, 0.05) is 35.8 Å². The van der Waals surface area contributed by atoms with Gasteiger partial charge < -0.3 is 10.1 Å². The Balaban J connectivity index is 2.20. The van der Waals surface area contributed by atoms with E-state index in [0.717, 1.165) is 47.3 Å². The zero-order valence-corrected chi connectivity index (χ0v) is 21.0. The number of allylic oxidation sites excluding steroid dienone is 2. The normalized spacial score (nSPS) is 12.8. The number of alkyl halides is 1. The molecule has 1 unspecified atom stereocenters. The Bertz CT molecular complexity index is 993. The zero-order valence-electron chi connectivity index (χ0n) is 21.0. The van der Waals surface area contributed by atoms with E-state index in [0.29, 0.717) is 19.1 Å². The van der Waals surface area contributed by atoms with E-state index in [9.17, 15) is 4.39 Å². The van der Waals surface area contributed by atoms with Crippen LogP contribution in [-0.2, 0) is 12.2 Å². The molecule has 2 aromatic rings. The van der Waals surface area contributed by atoms with Gasteiger partial charge in [-0.3, -0.25) is 0 Å². The van der Waals surface area contributed by atoms with Gasteiger partial charge in [0.25, 0.3) is 0 Å². The first-order valence-corrected chi connectivity index (χ1v) is 11.5. The molecule has 1 aromatic carbocycles. The summed E-state index contributed by atoms with van der Waals surface area (Å²) in [5.74, 6) is 1.46. The molecule has 1 aromatic heterocycles. The summed E-state index contributed by atoms with van der Waals surface area (Å²) in [6.45, 7) is 21.0. The van der Waals surface area contributed by atoms with E-state index in [4.69, 9.17) is 4.74 Å². The first kappa shape index (κ1) is 26.4. The molecule has 6 heteroatoms. The predicted octanol–water partition coefficient (Wildman–Crippen LogP) is 6.20. The molecule has 0 fully saturated rings. The van der Waals surface area contributed by atoms with E-state index in [2.05, 4.69) is 67.4 Å². The quantitative estimate of drug-likeness (QED) is 0.392. The molecule has 0 bridgehead atoms. The van der Waals surface area contributed by atoms with Crippen LogP contribution in [-0.4, -0.2) is 23.9 Å². The molecule has 0 aliphatic carbocycles. The highest BCUT2D eigenvalue weighted by Gasteiger charge is 2.21. The van der Waals surface area contributed by atoms with Gasteiger partial charge in [-0.1, -0.05) is 45.3 Å². The lowest BCUT2D eigenvalue weighted by molar-refractivity contribution is 0.206. The number of rotatable bonds is 12. The van der Waals surface area contributed by atoms with Gasteiger partial charge in [-0.15, -0.1) is 12.1 Å². The lowest BCUT2D eigenvalue weighted by Crippen LogP contribution is -2.16. The van der Waals surface area contributed by atoms with Crippen LogP contribution in [0.3, 0.4) is 0 Å². The topological polar surface area (TPSA) is 47.0 Å². The minimum Gasteiger partial charge on any atom is -0.493 e. The third-order valence-electron chi connectivity index (χ3n) is 5.62. The molecule has 0 radical (unpaired) electrons. The minimum atomic E-state index is -1.56. The van der Waals surface area contributed by atoms with Gasteiger partial charge in [-0.25, -0.2) is 14.4 Å². The number of hydrogen-bond donors (Lipinski definition) is 1. The van der Waals surface area contributed by atoms with E-state index in [-0.39, 0.29) is 5.82 Å². The van der Waals surface area contributed by atoms with Gasteiger partial charge in [0.05, 0.1) is 6.61 Å². The maximum Gasteiger partial charge on any atom is 0.186 e. The zero-order chi connectivity index (χ0) is 24.6. The monoisotopic (exact) mass is 449 g/mol. The maximum absolute atomic E-state index is 14.0. The summed E-state index contributed by atoms with van der Waals surface area (Å²) in [6, 6.07) is 6.14. The Morgan fingerprint density at radius 1 is 1.21 bits per heavy atom. The van der Waals surface area contributed by atoms with E-state index in [1.165, 1.54) is 19.3 Å². The van der Waals surface area contributed by atoms with Crippen molar-refractivity contribution in [3.8, 4) is 5.75 Å². The van der Waals surface area contributed by atoms with E-state index in [1.54, 1.807) is 12.4 Å². The van der Waals surface area contributed by atoms with Gasteiger partial charge in [-0.05, 0) is 50.5 Å². The van der Waals surface area contributed by atoms with Crippen LogP contribution in [0, 0.1) is 5.92 Å². The van der Waals surface area contributed by atoms with E-state index in [1.807, 2.05) is 13.0 Å². The van der Waals surface area contributed by atoms with Crippen molar-refractivity contribution >= 4 is 18.4 Å². The molecular formula is C27H37BFN3O. The van der Waals surface area contributed by atoms with Gasteiger partial charge in [0.2, 0.25) is 0 Å². The van der Waals surface area contributed by atoms with Crippen LogP contribution in [0.15, 0.2) is 55.3 Å². The number of nitrogens with one attached hydrogen (secondary N) is 1. The van der Waals surface area contributed by atoms with Gasteiger partial charge >= 0.3 is 0 Å². The van der Waals surface area contributed by atoms with Crippen LogP contribution >= 0.6 is 0 Å². The minimum absolute atomic E-state index is 0.177. The molecule has 0 saturated heterocycles. The lowest BCUT2D eigenvalue weighted by atomic mass is 9.61. The molecule has 33 heavy (non-hydrogen) atoms. The van der Waals surface area contributed by atoms with Crippen molar-refractivity contribution in [1.29, 1.82) is 0 Å². The standard InChI is InChI=1S/C27H37BFN3O/c1-9-18(3)17-33-25-12-23(20(5)28-19(4)10-2)11-24(13-25)21(6)30-14-22-15-31-26(32-16-22)27(7,8)29/h10-13,15-16,18,28,30H,5-6,9,14,17H2,1-4,7-8H3/b19-10-. The summed E-state index contributed by atoms with van der Waals surface area (Å²) in [4.78, 5) is 8.29. The van der Waals surface area contributed by atoms with Crippen molar-refractivity contribution in [2.24, 2.45) is 5.92 Å². The van der Waals surface area contributed by atoms with Crippen molar-refractivity contribution in [1.82, 2.24) is 15.3 Å². The number of ether oxygens (including phenoxy) is 1. The van der Waals surface area contributed by atoms with E-state index >= 15 is 0 Å². The molecule has 1 N–H and O–H groups in total. The van der Waals surface area contributed by atoms with Gasteiger partial charge in [-0.2, -0.15) is 0 Å². The predicted molar refractivity (Wildman–Crippen MR) is 139 cm³/mol. The molecule has 0 aliphatic heterocycles. The second-order valence-corrected chi connectivity index (χ2v) is 9.21. The van der Waals surface area contributed by atoms with Gasteiger partial charge in [0.15, 0.2) is 18.8 Å². The molecule has 2 rings (SSSR count). The first-order chi connectivity index (χ1) is 15.5. The molecule has 0 saturated carbocycles. The Kier molecular flexibility index (Phi) is 9.45. The van der Waals surface area contributed by atoms with Crippen molar-refractivity contribution in [3.63, 3.8) is 0 Å². The molecule has 0 amide bonds. The Labute approximate surface area is 199 Å². The van der Waals surface area contributed by atoms with Crippen molar-refractivity contribution < 1.29 is 9.13 Å². The van der Waals surface area contributed by atoms with Crippen molar-refractivity contribution in [3.05, 3.63) is 77.8 Å². The molecule has 4 nitrogen and oxygen atoms in total. The van der Waals surface area contributed by atoms with E-state index < -0.39 is 5.67 Å². The SMILES string of the molecule is C=C(B/C(C)=C\C)c1cc(OCC(C)CC)cc(C(=C)NCc2cnc(C(C)(C)F)nc2)c1. The van der Waals surface area contributed by atoms with Crippen LogP contribution in [0.2, 0.25) is 0 Å². The van der Waals surface area contributed by atoms with Crippen LogP contribution in [0.5, 0.6) is 5.75 Å². The Hall–Kier alpha value is -2.89. The largest absolute Gasteiger partial charge is 0.493 e. The number of hydrogen-bond acceptors (Lipinski definition) is 4. The Morgan fingerprint density at radius 2 is 1.85 bits per heavy atom. The highest BCUT2D eigenvalue weighted by atomic mass is 19.1. The number of aromatic nitrogens is 2. The highest BCUT2D eigenvalue weighted by molar-refractivity contribution is 6.67. The van der Waals surface area contributed by atoms with Crippen molar-refractivity contribution in [2.75, 3.05) is 6.61 Å². The third kappa shape index (κ3) is 8.19. The molecule has 176 valence electrons. The fraction of sp³-hybridized carbons (Fsp3) is 0.407. The summed E-state index contributed by atoms with van der Waals surface area (Å²) in [6.07, 6.45) is 6.45. The first-order valence-electron chi connectivity index (χ1n) is 11.5. The number of benzene rings is 1. The lowest BCUT2D eigenvalue weighted by Gasteiger charge is -2.17. The Morgan fingerprint density at radius 3 is 2.42 bits per heavy atom. The summed E-state index contributed by atoms with van der Waals surface area (Å²) >= 11 is 0. The average molecular weight is 449 g/mol. The third-order valence-corrected chi connectivity index (χ3v) is 5.62. The second kappa shape index (κ2) is 11.8. The fourth-order valence-electron chi connectivity index (χ4n) is 3.02. The molecule has 1 atom stereocenters. The van der Waals surface area contributed by atoms with Crippen LogP contribution < -0.4 is 10.1 Å². The molecular weight excluding hydrogens is 412 g/mol. The smallest absolute Gasteiger partial charge is 0.186 e. The van der Waals surface area contributed by atoms with Crippen LogP contribution in [0.25, 0.3) is 11.2 Å². The van der Waals surface area contributed by atoms with Crippen LogP contribution in [0.4, 0.5) is 4.39 Å². The highest BCUT2D eigenvalue weighted by Crippen LogP contribution is 2.26. The second-order valence-electron chi connectivity index (χ2n) is 9.21.